The van der Waals surface area contributed by atoms with Crippen molar-refractivity contribution in [2.45, 2.75) is 0 Å². The molecule has 1 radical (unpaired) electrons. The van der Waals surface area contributed by atoms with Crippen molar-refractivity contribution < 1.29 is 52.3 Å². The van der Waals surface area contributed by atoms with E-state index in [0.717, 1.165) is 12.1 Å². The molecule has 1 aromatic rings. The third-order valence-electron chi connectivity index (χ3n) is 1.17. The van der Waals surface area contributed by atoms with Crippen LogP contribution in [0.15, 0.2) is 18.2 Å². The third kappa shape index (κ3) is 21.2. The van der Waals surface area contributed by atoms with Crippen LogP contribution in [0.2, 0.25) is 0 Å². The summed E-state index contributed by atoms with van der Waals surface area (Å²) in [6.07, 6.45) is 6.56. The number of pyridine rings is 1. The average molecular weight is 388 g/mol. The summed E-state index contributed by atoms with van der Waals surface area (Å²) in [5, 5.41) is 20.4. The molecule has 22 heavy (non-hydrogen) atoms. The summed E-state index contributed by atoms with van der Waals surface area (Å²) < 4.78 is 19.1. The molecule has 1 rings (SSSR count). The largest absolute Gasteiger partial charge is 4.00 e. The Morgan fingerprint density at radius 1 is 0.909 bits per heavy atom. The molecule has 8 nitrogen and oxygen atoms in total. The molecule has 1 heterocycles. The van der Waals surface area contributed by atoms with Crippen LogP contribution in [0.25, 0.3) is 0 Å². The zero-order valence-electron chi connectivity index (χ0n) is 12.3. The molecular formula is C11H15NO7S2V. The Morgan fingerprint density at radius 2 is 1.14 bits per heavy atom. The zero-order chi connectivity index (χ0) is 16.3. The number of hydrogen-bond acceptors (Lipinski definition) is 7. The van der Waals surface area contributed by atoms with E-state index in [1.807, 2.05) is 0 Å². The Hall–Kier alpha value is -1.07. The van der Waals surface area contributed by atoms with Crippen molar-refractivity contribution in [2.24, 2.45) is 0 Å². The van der Waals surface area contributed by atoms with Crippen LogP contribution in [0, 0.1) is 0 Å². The maximum atomic E-state index is 10.2. The SMILES string of the molecule is CS(C)=O.CS(C)=O.O=C([O-])c1cccc(C(=O)[O-])n1.[O-2].[V+4]. The Balaban J connectivity index is -0.000000138. The molecule has 0 amide bonds. The monoisotopic (exact) mass is 388 g/mol. The smallest absolute Gasteiger partial charge is 2.00 e. The van der Waals surface area contributed by atoms with Gasteiger partial charge in [-0.2, -0.15) is 0 Å². The first-order valence-corrected chi connectivity index (χ1v) is 8.91. The Morgan fingerprint density at radius 3 is 1.32 bits per heavy atom. The second-order valence-electron chi connectivity index (χ2n) is 3.47. The quantitative estimate of drug-likeness (QED) is 0.550. The van der Waals surface area contributed by atoms with E-state index < -0.39 is 44.9 Å². The van der Waals surface area contributed by atoms with Gasteiger partial charge >= 0.3 is 18.6 Å². The normalized spacial score (nSPS) is 8.27. The van der Waals surface area contributed by atoms with E-state index in [1.165, 1.54) is 6.07 Å². The number of nitrogens with zero attached hydrogens (tertiary/aromatic N) is 1. The van der Waals surface area contributed by atoms with Gasteiger partial charge in [0.1, 0.15) is 0 Å². The predicted molar refractivity (Wildman–Crippen MR) is 73.6 cm³/mol. The van der Waals surface area contributed by atoms with Crippen LogP contribution in [-0.4, -0.2) is 50.4 Å². The van der Waals surface area contributed by atoms with Crippen molar-refractivity contribution in [3.8, 4) is 0 Å². The van der Waals surface area contributed by atoms with Crippen molar-refractivity contribution in [3.05, 3.63) is 29.6 Å². The van der Waals surface area contributed by atoms with Gasteiger partial charge in [-0.05, 0) is 12.1 Å². The first-order chi connectivity index (χ1) is 9.07. The fraction of sp³-hybridized carbons (Fsp3) is 0.364. The molecule has 0 saturated carbocycles. The summed E-state index contributed by atoms with van der Waals surface area (Å²) in [7, 11) is -1.22. The van der Waals surface area contributed by atoms with Crippen molar-refractivity contribution in [2.75, 3.05) is 25.0 Å². The Bertz CT molecular complexity index is 462. The van der Waals surface area contributed by atoms with E-state index >= 15 is 0 Å². The molecule has 123 valence electrons. The number of carbonyl (C=O) groups is 2. The topological polar surface area (TPSA) is 156 Å². The molecular weight excluding hydrogens is 373 g/mol. The van der Waals surface area contributed by atoms with Gasteiger partial charge in [0.15, 0.2) is 0 Å². The molecule has 0 aliphatic carbocycles. The number of carboxylic acid groups (broad SMARTS) is 2. The fourth-order valence-corrected chi connectivity index (χ4v) is 0.662. The van der Waals surface area contributed by atoms with Gasteiger partial charge in [0.05, 0.1) is 23.3 Å². The molecule has 0 saturated heterocycles. The van der Waals surface area contributed by atoms with Crippen molar-refractivity contribution in [3.63, 3.8) is 0 Å². The van der Waals surface area contributed by atoms with Gasteiger partial charge in [-0.15, -0.1) is 0 Å². The van der Waals surface area contributed by atoms with Gasteiger partial charge in [-0.25, -0.2) is 4.98 Å². The number of hydrogen-bond donors (Lipinski definition) is 0. The maximum Gasteiger partial charge on any atom is 4.00 e. The number of aromatic nitrogens is 1. The molecule has 0 atom stereocenters. The van der Waals surface area contributed by atoms with E-state index in [-0.39, 0.29) is 24.0 Å². The first kappa shape index (κ1) is 29.0. The van der Waals surface area contributed by atoms with Crippen molar-refractivity contribution in [1.29, 1.82) is 0 Å². The van der Waals surface area contributed by atoms with Gasteiger partial charge < -0.3 is 25.3 Å². The molecule has 0 spiro atoms. The minimum absolute atomic E-state index is 0. The summed E-state index contributed by atoms with van der Waals surface area (Å²) in [4.78, 5) is 23.6. The molecule has 0 aromatic carbocycles. The van der Waals surface area contributed by atoms with Gasteiger partial charge in [0.25, 0.3) is 0 Å². The van der Waals surface area contributed by atoms with E-state index in [2.05, 4.69) is 4.98 Å². The summed E-state index contributed by atoms with van der Waals surface area (Å²) in [5.41, 5.74) is -0.839. The number of carboxylic acids is 2. The van der Waals surface area contributed by atoms with Crippen LogP contribution in [0.1, 0.15) is 21.0 Å². The van der Waals surface area contributed by atoms with E-state index in [9.17, 15) is 28.2 Å². The fourth-order valence-electron chi connectivity index (χ4n) is 0.662. The van der Waals surface area contributed by atoms with Crippen molar-refractivity contribution >= 4 is 33.5 Å². The summed E-state index contributed by atoms with van der Waals surface area (Å²) >= 11 is 0. The second-order valence-corrected chi connectivity index (χ2v) is 6.43. The molecule has 0 unspecified atom stereocenters. The van der Waals surface area contributed by atoms with Crippen LogP contribution in [0.3, 0.4) is 0 Å². The molecule has 11 heteroatoms. The minimum atomic E-state index is -1.52. The zero-order valence-corrected chi connectivity index (χ0v) is 15.3. The summed E-state index contributed by atoms with van der Waals surface area (Å²) in [6, 6.07) is 3.53. The van der Waals surface area contributed by atoms with Gasteiger partial charge in [0.2, 0.25) is 0 Å². The third-order valence-corrected chi connectivity index (χ3v) is 1.17. The predicted octanol–water partition coefficient (Wildman–Crippen LogP) is -2.32. The van der Waals surface area contributed by atoms with Crippen LogP contribution >= 0.6 is 0 Å². The number of aromatic carboxylic acids is 2. The minimum Gasteiger partial charge on any atom is -2.00 e. The van der Waals surface area contributed by atoms with Crippen LogP contribution < -0.4 is 10.2 Å². The van der Waals surface area contributed by atoms with Gasteiger partial charge in [-0.3, -0.25) is 8.42 Å². The number of carbonyl (C=O) groups excluding carboxylic acids is 2. The molecule has 0 aliphatic heterocycles. The van der Waals surface area contributed by atoms with Gasteiger partial charge in [0, 0.05) is 46.6 Å². The van der Waals surface area contributed by atoms with Gasteiger partial charge in [-0.1, -0.05) is 6.07 Å². The molecule has 0 bridgehead atoms. The molecule has 1 aromatic heterocycles. The maximum absolute atomic E-state index is 10.2. The van der Waals surface area contributed by atoms with Crippen LogP contribution in [-0.2, 0) is 45.6 Å². The van der Waals surface area contributed by atoms with Crippen LogP contribution in [0.5, 0.6) is 0 Å². The molecule has 0 fully saturated rings. The van der Waals surface area contributed by atoms with E-state index in [1.54, 1.807) is 25.0 Å². The van der Waals surface area contributed by atoms with E-state index in [0.29, 0.717) is 0 Å². The Kier molecular flexibility index (Phi) is 21.5. The number of rotatable bonds is 2. The molecule has 0 N–H and O–H groups in total. The first-order valence-electron chi connectivity index (χ1n) is 4.97. The van der Waals surface area contributed by atoms with Crippen molar-refractivity contribution in [1.82, 2.24) is 4.98 Å². The van der Waals surface area contributed by atoms with E-state index in [4.69, 9.17) is 0 Å². The average Bonchev–Trinajstić information content (AvgIpc) is 2.27. The second kappa shape index (κ2) is 16.3. The summed E-state index contributed by atoms with van der Waals surface area (Å²) in [5.74, 6) is -3.03. The van der Waals surface area contributed by atoms with Crippen LogP contribution in [0.4, 0.5) is 0 Å². The molecule has 0 aliphatic rings. The summed E-state index contributed by atoms with van der Waals surface area (Å²) in [6.45, 7) is 0. The Labute approximate surface area is 145 Å². The standard InChI is InChI=1S/C7H5NO4.2C2H6OS.O.V/c9-6(10)4-2-1-3-5(8-4)7(11)12;2*1-4(2)3;;/h1-3H,(H,9,10)(H,11,12);2*1-2H3;;/q;;;-2;+4/p-2.